The number of aliphatic carboxylic acids is 1. The van der Waals surface area contributed by atoms with Gasteiger partial charge in [0.1, 0.15) is 11.8 Å². The molecule has 0 radical (unpaired) electrons. The molecule has 0 fully saturated rings. The molecule has 0 saturated carbocycles. The summed E-state index contributed by atoms with van der Waals surface area (Å²) in [7, 11) is 0. The summed E-state index contributed by atoms with van der Waals surface area (Å²) in [5, 5.41) is 11.8. The molecule has 0 saturated heterocycles. The molecule has 2 N–H and O–H groups in total. The van der Waals surface area contributed by atoms with E-state index in [9.17, 15) is 14.7 Å². The van der Waals surface area contributed by atoms with E-state index in [0.717, 1.165) is 16.7 Å². The molecule has 5 heteroatoms. The number of hydrogen-bond acceptors (Lipinski definition) is 3. The zero-order valence-electron chi connectivity index (χ0n) is 13.8. The van der Waals surface area contributed by atoms with Crippen molar-refractivity contribution in [2.24, 2.45) is 0 Å². The fourth-order valence-corrected chi connectivity index (χ4v) is 2.45. The van der Waals surface area contributed by atoms with Crippen LogP contribution in [0.5, 0.6) is 5.75 Å². The van der Waals surface area contributed by atoms with Gasteiger partial charge in [-0.2, -0.15) is 0 Å². The van der Waals surface area contributed by atoms with Gasteiger partial charge in [-0.25, -0.2) is 4.79 Å². The summed E-state index contributed by atoms with van der Waals surface area (Å²) in [6, 6.07) is 13.9. The third-order valence-electron chi connectivity index (χ3n) is 3.67. The molecule has 0 aliphatic carbocycles. The molecule has 0 aromatic heterocycles. The Morgan fingerprint density at radius 1 is 1.04 bits per heavy atom. The van der Waals surface area contributed by atoms with Gasteiger partial charge in [0, 0.05) is 6.42 Å². The van der Waals surface area contributed by atoms with E-state index in [1.165, 1.54) is 0 Å². The monoisotopic (exact) mass is 327 g/mol. The van der Waals surface area contributed by atoms with Gasteiger partial charge in [-0.15, -0.1) is 0 Å². The van der Waals surface area contributed by atoms with Crippen LogP contribution in [0.2, 0.25) is 0 Å². The molecule has 0 bridgehead atoms. The van der Waals surface area contributed by atoms with Gasteiger partial charge in [0.25, 0.3) is 5.91 Å². The maximum Gasteiger partial charge on any atom is 0.326 e. The molecule has 1 amide bonds. The Morgan fingerprint density at radius 3 is 2.25 bits per heavy atom. The van der Waals surface area contributed by atoms with E-state index in [1.54, 1.807) is 0 Å². The molecule has 2 rings (SSSR count). The number of carbonyl (C=O) groups excluding carboxylic acids is 1. The third kappa shape index (κ3) is 4.84. The van der Waals surface area contributed by atoms with Crippen molar-refractivity contribution in [1.82, 2.24) is 5.32 Å². The minimum atomic E-state index is -1.07. The van der Waals surface area contributed by atoms with E-state index in [-0.39, 0.29) is 13.0 Å². The minimum Gasteiger partial charge on any atom is -0.483 e. The van der Waals surface area contributed by atoms with Crippen LogP contribution in [0.3, 0.4) is 0 Å². The number of para-hydroxylation sites is 1. The lowest BCUT2D eigenvalue weighted by Gasteiger charge is -2.16. The lowest BCUT2D eigenvalue weighted by atomic mass is 10.1. The molecule has 5 nitrogen and oxygen atoms in total. The lowest BCUT2D eigenvalue weighted by Crippen LogP contribution is -2.44. The van der Waals surface area contributed by atoms with Crippen molar-refractivity contribution in [3.05, 3.63) is 65.2 Å². The number of aryl methyl sites for hydroxylation is 2. The second-order valence-electron chi connectivity index (χ2n) is 5.66. The van der Waals surface area contributed by atoms with Gasteiger partial charge in [0.15, 0.2) is 6.61 Å². The van der Waals surface area contributed by atoms with Crippen LogP contribution < -0.4 is 10.1 Å². The van der Waals surface area contributed by atoms with Crippen LogP contribution >= 0.6 is 0 Å². The predicted octanol–water partition coefficient (Wildman–Crippen LogP) is 2.49. The largest absolute Gasteiger partial charge is 0.483 e. The molecule has 2 aromatic rings. The molecule has 126 valence electrons. The summed E-state index contributed by atoms with van der Waals surface area (Å²) in [4.78, 5) is 23.4. The third-order valence-corrected chi connectivity index (χ3v) is 3.67. The van der Waals surface area contributed by atoms with Crippen molar-refractivity contribution in [3.63, 3.8) is 0 Å². The first-order valence-electron chi connectivity index (χ1n) is 7.72. The maximum atomic E-state index is 12.0. The van der Waals surface area contributed by atoms with E-state index in [0.29, 0.717) is 5.75 Å². The second kappa shape index (κ2) is 8.15. The van der Waals surface area contributed by atoms with Crippen molar-refractivity contribution in [1.29, 1.82) is 0 Å². The van der Waals surface area contributed by atoms with Gasteiger partial charge in [-0.1, -0.05) is 48.5 Å². The van der Waals surface area contributed by atoms with Crippen molar-refractivity contribution in [2.45, 2.75) is 26.3 Å². The van der Waals surface area contributed by atoms with Crippen molar-refractivity contribution in [2.75, 3.05) is 6.61 Å². The van der Waals surface area contributed by atoms with E-state index in [4.69, 9.17) is 4.74 Å². The highest BCUT2D eigenvalue weighted by Crippen LogP contribution is 2.22. The van der Waals surface area contributed by atoms with E-state index >= 15 is 0 Å². The molecule has 0 aliphatic rings. The average Bonchev–Trinajstić information content (AvgIpc) is 2.54. The van der Waals surface area contributed by atoms with E-state index in [1.807, 2.05) is 62.4 Å². The zero-order valence-corrected chi connectivity index (χ0v) is 13.8. The Bertz CT molecular complexity index is 692. The fraction of sp³-hybridized carbons (Fsp3) is 0.263. The summed E-state index contributed by atoms with van der Waals surface area (Å²) < 4.78 is 5.56. The summed E-state index contributed by atoms with van der Waals surface area (Å²) in [5.41, 5.74) is 2.71. The van der Waals surface area contributed by atoms with Gasteiger partial charge in [-0.05, 0) is 30.5 Å². The Kier molecular flexibility index (Phi) is 5.95. The van der Waals surface area contributed by atoms with Crippen LogP contribution in [0, 0.1) is 13.8 Å². The van der Waals surface area contributed by atoms with Gasteiger partial charge in [-0.3, -0.25) is 4.79 Å². The number of amides is 1. The first kappa shape index (κ1) is 17.5. The molecular formula is C19H21NO4. The number of carboxylic acid groups (broad SMARTS) is 1. The van der Waals surface area contributed by atoms with Crippen molar-refractivity contribution >= 4 is 11.9 Å². The molecule has 0 spiro atoms. The zero-order chi connectivity index (χ0) is 17.5. The van der Waals surface area contributed by atoms with Crippen molar-refractivity contribution in [3.8, 4) is 5.75 Å². The molecule has 24 heavy (non-hydrogen) atoms. The van der Waals surface area contributed by atoms with Gasteiger partial charge in [0.2, 0.25) is 0 Å². The highest BCUT2D eigenvalue weighted by molar-refractivity contribution is 5.84. The Hall–Kier alpha value is -2.82. The summed E-state index contributed by atoms with van der Waals surface area (Å²) in [6.45, 7) is 3.58. The number of nitrogens with one attached hydrogen (secondary N) is 1. The predicted molar refractivity (Wildman–Crippen MR) is 91.1 cm³/mol. The number of carbonyl (C=O) groups is 2. The maximum absolute atomic E-state index is 12.0. The topological polar surface area (TPSA) is 75.6 Å². The quantitative estimate of drug-likeness (QED) is 0.819. The molecule has 2 aromatic carbocycles. The normalized spacial score (nSPS) is 11.6. The Balaban J connectivity index is 1.95. The van der Waals surface area contributed by atoms with E-state index in [2.05, 4.69) is 5.32 Å². The summed E-state index contributed by atoms with van der Waals surface area (Å²) >= 11 is 0. The Morgan fingerprint density at radius 2 is 1.67 bits per heavy atom. The van der Waals surface area contributed by atoms with Gasteiger partial charge in [0.05, 0.1) is 0 Å². The van der Waals surface area contributed by atoms with E-state index < -0.39 is 17.9 Å². The number of hydrogen-bond donors (Lipinski definition) is 2. The number of carboxylic acids is 1. The smallest absolute Gasteiger partial charge is 0.326 e. The fourth-order valence-electron chi connectivity index (χ4n) is 2.45. The van der Waals surface area contributed by atoms with Crippen LogP contribution in [0.15, 0.2) is 48.5 Å². The lowest BCUT2D eigenvalue weighted by molar-refractivity contribution is -0.142. The highest BCUT2D eigenvalue weighted by atomic mass is 16.5. The van der Waals surface area contributed by atoms with Crippen LogP contribution in [0.1, 0.15) is 16.7 Å². The first-order chi connectivity index (χ1) is 11.5. The van der Waals surface area contributed by atoms with Crippen LogP contribution in [-0.4, -0.2) is 29.6 Å². The van der Waals surface area contributed by atoms with Crippen LogP contribution in [-0.2, 0) is 16.0 Å². The molecule has 0 aliphatic heterocycles. The number of rotatable bonds is 7. The minimum absolute atomic E-state index is 0.218. The number of ether oxygens (including phenoxy) is 1. The summed E-state index contributed by atoms with van der Waals surface area (Å²) in [5.74, 6) is -0.872. The van der Waals surface area contributed by atoms with Gasteiger partial charge >= 0.3 is 5.97 Å². The Labute approximate surface area is 141 Å². The molecular weight excluding hydrogens is 306 g/mol. The molecule has 1 atom stereocenters. The van der Waals surface area contributed by atoms with Crippen LogP contribution in [0.4, 0.5) is 0 Å². The molecule has 1 unspecified atom stereocenters. The van der Waals surface area contributed by atoms with Gasteiger partial charge < -0.3 is 15.2 Å². The van der Waals surface area contributed by atoms with Crippen molar-refractivity contribution < 1.29 is 19.4 Å². The molecule has 0 heterocycles. The van der Waals surface area contributed by atoms with Crippen LogP contribution in [0.25, 0.3) is 0 Å². The SMILES string of the molecule is Cc1cccc(C)c1OCC(=O)NC(Cc1ccccc1)C(=O)O. The standard InChI is InChI=1S/C19H21NO4/c1-13-7-6-8-14(2)18(13)24-12-17(21)20-16(19(22)23)11-15-9-4-3-5-10-15/h3-10,16H,11-12H2,1-2H3,(H,20,21)(H,22,23). The first-order valence-corrected chi connectivity index (χ1v) is 7.72. The summed E-state index contributed by atoms with van der Waals surface area (Å²) in [6.07, 6.45) is 0.227. The second-order valence-corrected chi connectivity index (χ2v) is 5.66. The average molecular weight is 327 g/mol. The number of benzene rings is 2. The highest BCUT2D eigenvalue weighted by Gasteiger charge is 2.20.